The second-order valence-corrected chi connectivity index (χ2v) is 7.49. The molecule has 5 rings (SSSR count). The van der Waals surface area contributed by atoms with Gasteiger partial charge in [-0.2, -0.15) is 5.26 Å². The number of pyridine rings is 2. The van der Waals surface area contributed by atoms with Crippen LogP contribution in [0.15, 0.2) is 30.5 Å². The average molecular weight is 347 g/mol. The molecule has 6 nitrogen and oxygen atoms in total. The molecule has 1 saturated carbocycles. The molecule has 0 radical (unpaired) electrons. The van der Waals surface area contributed by atoms with Crippen LogP contribution in [0.3, 0.4) is 0 Å². The molecule has 2 saturated heterocycles. The first-order valence-corrected chi connectivity index (χ1v) is 9.25. The van der Waals surface area contributed by atoms with Crippen molar-refractivity contribution in [1.82, 2.24) is 14.9 Å². The van der Waals surface area contributed by atoms with E-state index in [9.17, 15) is 0 Å². The van der Waals surface area contributed by atoms with E-state index in [1.165, 1.54) is 24.1 Å². The highest BCUT2D eigenvalue weighted by molar-refractivity contribution is 5.55. The maximum absolute atomic E-state index is 9.07. The van der Waals surface area contributed by atoms with Gasteiger partial charge in [-0.15, -0.1) is 0 Å². The fraction of sp³-hybridized carbons (Fsp3) is 0.450. The van der Waals surface area contributed by atoms with Gasteiger partial charge >= 0.3 is 0 Å². The van der Waals surface area contributed by atoms with E-state index in [0.717, 1.165) is 32.1 Å². The van der Waals surface area contributed by atoms with E-state index in [1.807, 2.05) is 0 Å². The number of nitrogens with one attached hydrogen (secondary N) is 1. The van der Waals surface area contributed by atoms with E-state index in [-0.39, 0.29) is 0 Å². The average Bonchev–Trinajstić information content (AvgIpc) is 3.41. The molecular formula is C20H21N5O. The van der Waals surface area contributed by atoms with Crippen LogP contribution in [0.2, 0.25) is 0 Å². The Labute approximate surface area is 152 Å². The highest BCUT2D eigenvalue weighted by atomic mass is 16.5. The Kier molecular flexibility index (Phi) is 3.84. The molecular weight excluding hydrogens is 326 g/mol. The number of hydrogen-bond donors (Lipinski definition) is 1. The zero-order valence-electron chi connectivity index (χ0n) is 14.6. The molecule has 0 unspecified atom stereocenters. The maximum atomic E-state index is 9.07. The second-order valence-electron chi connectivity index (χ2n) is 7.49. The van der Waals surface area contributed by atoms with Crippen molar-refractivity contribution in [3.8, 4) is 6.07 Å². The lowest BCUT2D eigenvalue weighted by Gasteiger charge is -2.47. The molecule has 0 amide bonds. The van der Waals surface area contributed by atoms with Gasteiger partial charge in [-0.25, -0.2) is 9.97 Å². The van der Waals surface area contributed by atoms with Crippen LogP contribution < -0.4 is 5.32 Å². The van der Waals surface area contributed by atoms with Gasteiger partial charge in [0.05, 0.1) is 30.9 Å². The summed E-state index contributed by atoms with van der Waals surface area (Å²) in [6.45, 7) is 3.96. The zero-order valence-corrected chi connectivity index (χ0v) is 14.6. The predicted molar refractivity (Wildman–Crippen MR) is 97.4 cm³/mol. The van der Waals surface area contributed by atoms with Crippen molar-refractivity contribution < 1.29 is 4.74 Å². The first-order valence-electron chi connectivity index (χ1n) is 9.25. The number of ether oxygens (including phenoxy) is 1. The van der Waals surface area contributed by atoms with E-state index in [4.69, 9.17) is 15.0 Å². The van der Waals surface area contributed by atoms with Crippen LogP contribution in [0.25, 0.3) is 0 Å². The smallest absolute Gasteiger partial charge is 0.132 e. The monoisotopic (exact) mass is 347 g/mol. The summed E-state index contributed by atoms with van der Waals surface area (Å²) in [5.74, 6) is 2.66. The van der Waals surface area contributed by atoms with E-state index < -0.39 is 0 Å². The summed E-state index contributed by atoms with van der Waals surface area (Å²) < 4.78 is 5.30. The third kappa shape index (κ3) is 3.05. The molecule has 4 heterocycles. The molecule has 3 aliphatic rings. The van der Waals surface area contributed by atoms with Gasteiger partial charge in [0, 0.05) is 36.8 Å². The van der Waals surface area contributed by atoms with Crippen molar-refractivity contribution in [2.24, 2.45) is 0 Å². The van der Waals surface area contributed by atoms with Crippen molar-refractivity contribution >= 4 is 11.6 Å². The van der Waals surface area contributed by atoms with Crippen LogP contribution >= 0.6 is 0 Å². The summed E-state index contributed by atoms with van der Waals surface area (Å²) in [5.41, 5.74) is 3.14. The lowest BCUT2D eigenvalue weighted by atomic mass is 9.89. The zero-order chi connectivity index (χ0) is 17.5. The van der Waals surface area contributed by atoms with Gasteiger partial charge in [0.2, 0.25) is 0 Å². The molecule has 0 atom stereocenters. The van der Waals surface area contributed by atoms with Crippen molar-refractivity contribution in [2.75, 3.05) is 31.6 Å². The van der Waals surface area contributed by atoms with Crippen LogP contribution in [-0.4, -0.2) is 47.2 Å². The summed E-state index contributed by atoms with van der Waals surface area (Å²) in [7, 11) is 0. The second kappa shape index (κ2) is 6.35. The van der Waals surface area contributed by atoms with Crippen LogP contribution in [0, 0.1) is 11.3 Å². The highest BCUT2D eigenvalue weighted by Crippen LogP contribution is 2.41. The van der Waals surface area contributed by atoms with Gasteiger partial charge in [-0.05, 0) is 42.7 Å². The minimum absolute atomic E-state index is 0.565. The maximum Gasteiger partial charge on any atom is 0.132 e. The highest BCUT2D eigenvalue weighted by Gasteiger charge is 2.37. The molecule has 26 heavy (non-hydrogen) atoms. The first-order chi connectivity index (χ1) is 12.8. The van der Waals surface area contributed by atoms with Gasteiger partial charge in [0.1, 0.15) is 11.6 Å². The number of rotatable bonds is 5. The van der Waals surface area contributed by atoms with Crippen LogP contribution in [0.5, 0.6) is 0 Å². The molecule has 1 N–H and O–H groups in total. The Morgan fingerprint density at radius 2 is 1.96 bits per heavy atom. The molecule has 0 spiro atoms. The van der Waals surface area contributed by atoms with Crippen LogP contribution in [0.1, 0.15) is 41.5 Å². The van der Waals surface area contributed by atoms with E-state index >= 15 is 0 Å². The van der Waals surface area contributed by atoms with E-state index in [2.05, 4.69) is 33.4 Å². The van der Waals surface area contributed by atoms with Crippen molar-refractivity contribution in [3.63, 3.8) is 0 Å². The summed E-state index contributed by atoms with van der Waals surface area (Å²) in [6.07, 6.45) is 4.11. The normalized spacial score (nSPS) is 20.9. The molecule has 2 aliphatic heterocycles. The van der Waals surface area contributed by atoms with Gasteiger partial charge in [0.25, 0.3) is 0 Å². The van der Waals surface area contributed by atoms with Crippen molar-refractivity contribution in [2.45, 2.75) is 30.7 Å². The van der Waals surface area contributed by atoms with E-state index in [0.29, 0.717) is 29.3 Å². The number of hydrogen-bond acceptors (Lipinski definition) is 6. The van der Waals surface area contributed by atoms with E-state index in [1.54, 1.807) is 18.3 Å². The Hall–Kier alpha value is -2.49. The van der Waals surface area contributed by atoms with Gasteiger partial charge in [-0.1, -0.05) is 0 Å². The molecule has 6 heteroatoms. The minimum Gasteiger partial charge on any atom is -0.378 e. The minimum atomic E-state index is 0.565. The number of likely N-dealkylation sites (tertiary alicyclic amines) is 1. The number of nitrogens with zero attached hydrogens (tertiary/aromatic N) is 4. The topological polar surface area (TPSA) is 74.1 Å². The molecule has 2 aromatic rings. The summed E-state index contributed by atoms with van der Waals surface area (Å²) in [5, 5.41) is 12.4. The van der Waals surface area contributed by atoms with Crippen molar-refractivity contribution in [3.05, 3.63) is 47.3 Å². The van der Waals surface area contributed by atoms with Gasteiger partial charge in [-0.3, -0.25) is 4.90 Å². The Morgan fingerprint density at radius 3 is 2.65 bits per heavy atom. The number of anilines is 2. The Bertz CT molecular complexity index is 863. The predicted octanol–water partition coefficient (Wildman–Crippen LogP) is 2.77. The van der Waals surface area contributed by atoms with Gasteiger partial charge in [0.15, 0.2) is 0 Å². The van der Waals surface area contributed by atoms with Crippen molar-refractivity contribution in [1.29, 1.82) is 5.26 Å². The Balaban J connectivity index is 1.37. The Morgan fingerprint density at radius 1 is 1.12 bits per heavy atom. The standard InChI is InChI=1S/C20H21N5O/c21-8-13-3-4-22-19(5-13)24-20-7-15(6-18(23-20)14-1-2-14)16-9-25(10-16)17-11-26-12-17/h3-7,14,16-17H,1-2,9-12H2,(H,22,23,24). The SMILES string of the molecule is N#Cc1ccnc(Nc2cc(C3CN(C4COC4)C3)cc(C3CC3)n2)c1. The fourth-order valence-electron chi connectivity index (χ4n) is 3.62. The summed E-state index contributed by atoms with van der Waals surface area (Å²) in [4.78, 5) is 11.6. The first kappa shape index (κ1) is 15.7. The largest absolute Gasteiger partial charge is 0.378 e. The lowest BCUT2D eigenvalue weighted by Crippen LogP contribution is -2.58. The third-order valence-electron chi connectivity index (χ3n) is 5.53. The molecule has 0 bridgehead atoms. The molecule has 2 aromatic heterocycles. The summed E-state index contributed by atoms with van der Waals surface area (Å²) in [6, 6.07) is 10.7. The lowest BCUT2D eigenvalue weighted by molar-refractivity contribution is -0.0906. The quantitative estimate of drug-likeness (QED) is 0.896. The fourth-order valence-corrected chi connectivity index (χ4v) is 3.62. The number of nitriles is 1. The third-order valence-corrected chi connectivity index (χ3v) is 5.53. The molecule has 1 aliphatic carbocycles. The number of aromatic nitrogens is 2. The van der Waals surface area contributed by atoms with Crippen LogP contribution in [-0.2, 0) is 4.74 Å². The molecule has 132 valence electrons. The van der Waals surface area contributed by atoms with Crippen LogP contribution in [0.4, 0.5) is 11.6 Å². The molecule has 3 fully saturated rings. The molecule has 0 aromatic carbocycles. The van der Waals surface area contributed by atoms with Gasteiger partial charge < -0.3 is 10.1 Å². The summed E-state index contributed by atoms with van der Waals surface area (Å²) >= 11 is 0.